The summed E-state index contributed by atoms with van der Waals surface area (Å²) in [7, 11) is 0. The van der Waals surface area contributed by atoms with E-state index in [0.717, 1.165) is 12.1 Å². The second-order valence-electron chi connectivity index (χ2n) is 3.97. The average molecular weight is 300 g/mol. The Hall–Kier alpha value is -1.83. The molecule has 1 aromatic heterocycles. The van der Waals surface area contributed by atoms with Gasteiger partial charge in [0.15, 0.2) is 5.16 Å². The Morgan fingerprint density at radius 3 is 2.30 bits per heavy atom. The van der Waals surface area contributed by atoms with Crippen molar-refractivity contribution < 1.29 is 13.2 Å². The van der Waals surface area contributed by atoms with Gasteiger partial charge in [0.05, 0.1) is 5.56 Å². The summed E-state index contributed by atoms with van der Waals surface area (Å²) in [6, 6.07) is 4.88. The molecule has 106 valence electrons. The van der Waals surface area contributed by atoms with Gasteiger partial charge in [0.1, 0.15) is 5.82 Å². The van der Waals surface area contributed by atoms with Gasteiger partial charge in [-0.15, -0.1) is 0 Å². The highest BCUT2D eigenvalue weighted by Crippen LogP contribution is 2.29. The fourth-order valence-electron chi connectivity index (χ4n) is 1.58. The van der Waals surface area contributed by atoms with Gasteiger partial charge in [-0.05, 0) is 24.0 Å². The summed E-state index contributed by atoms with van der Waals surface area (Å²) in [4.78, 5) is 12.0. The highest BCUT2D eigenvalue weighted by molar-refractivity contribution is 7.98. The van der Waals surface area contributed by atoms with Gasteiger partial charge in [-0.2, -0.15) is 23.1 Å². The topological polar surface area (TPSA) is 64.7 Å². The number of thioether (sulfide) groups is 1. The molecule has 0 spiro atoms. The first kappa shape index (κ1) is 14.6. The van der Waals surface area contributed by atoms with Crippen molar-refractivity contribution in [3.05, 3.63) is 41.2 Å². The van der Waals surface area contributed by atoms with Crippen LogP contribution in [0.5, 0.6) is 0 Å². The van der Waals surface area contributed by atoms with Crippen molar-refractivity contribution in [2.24, 2.45) is 0 Å². The maximum Gasteiger partial charge on any atom is 0.416 e. The molecule has 0 radical (unpaired) electrons. The molecule has 0 amide bonds. The first-order valence-corrected chi connectivity index (χ1v) is 6.81. The molecule has 0 fully saturated rings. The van der Waals surface area contributed by atoms with Gasteiger partial charge in [-0.1, -0.05) is 23.9 Å². The summed E-state index contributed by atoms with van der Waals surface area (Å²) in [5.41, 5.74) is 5.54. The molecule has 0 saturated carbocycles. The zero-order chi connectivity index (χ0) is 14.8. The minimum atomic E-state index is -4.33. The Morgan fingerprint density at radius 2 is 1.75 bits per heavy atom. The van der Waals surface area contributed by atoms with Crippen LogP contribution in [-0.2, 0) is 12.6 Å². The average Bonchev–Trinajstić information content (AvgIpc) is 2.37. The molecule has 1 heterocycles. The number of anilines is 1. The maximum atomic E-state index is 12.4. The lowest BCUT2D eigenvalue weighted by Crippen LogP contribution is -2.06. The molecule has 2 rings (SSSR count). The van der Waals surface area contributed by atoms with Crippen LogP contribution in [0, 0.1) is 0 Å². The van der Waals surface area contributed by atoms with Crippen LogP contribution in [0.4, 0.5) is 19.1 Å². The summed E-state index contributed by atoms with van der Waals surface area (Å²) in [6.45, 7) is 0. The summed E-state index contributed by atoms with van der Waals surface area (Å²) in [6.07, 6.45) is -2.22. The highest BCUT2D eigenvalue weighted by Gasteiger charge is 2.29. The Labute approximate surface area is 117 Å². The quantitative estimate of drug-likeness (QED) is 0.883. The third kappa shape index (κ3) is 3.60. The Kier molecular flexibility index (Phi) is 4.12. The summed E-state index contributed by atoms with van der Waals surface area (Å²) in [5, 5.41) is 0.486. The van der Waals surface area contributed by atoms with Crippen molar-refractivity contribution in [1.82, 2.24) is 15.0 Å². The van der Waals surface area contributed by atoms with Crippen LogP contribution in [0.15, 0.2) is 29.4 Å². The number of nitrogens with zero attached hydrogens (tertiary/aromatic N) is 3. The zero-order valence-electron chi connectivity index (χ0n) is 10.5. The van der Waals surface area contributed by atoms with E-state index >= 15 is 0 Å². The van der Waals surface area contributed by atoms with Gasteiger partial charge in [-0.3, -0.25) is 0 Å². The molecule has 20 heavy (non-hydrogen) atoms. The van der Waals surface area contributed by atoms with Gasteiger partial charge in [0.2, 0.25) is 5.95 Å². The van der Waals surface area contributed by atoms with Crippen LogP contribution in [0.3, 0.4) is 0 Å². The normalized spacial score (nSPS) is 11.6. The SMILES string of the molecule is CSc1nc(N)nc(Cc2ccc(C(F)(F)F)cc2)n1. The molecular formula is C12H11F3N4S. The second kappa shape index (κ2) is 5.66. The third-order valence-corrected chi connectivity index (χ3v) is 3.05. The predicted octanol–water partition coefficient (Wildman–Crippen LogP) is 2.79. The number of nitrogen functional groups attached to an aromatic ring is 1. The smallest absolute Gasteiger partial charge is 0.368 e. The maximum absolute atomic E-state index is 12.4. The highest BCUT2D eigenvalue weighted by atomic mass is 32.2. The van der Waals surface area contributed by atoms with Crippen molar-refractivity contribution in [1.29, 1.82) is 0 Å². The zero-order valence-corrected chi connectivity index (χ0v) is 11.3. The first-order chi connectivity index (χ1) is 9.38. The van der Waals surface area contributed by atoms with E-state index in [2.05, 4.69) is 15.0 Å². The molecule has 0 bridgehead atoms. The van der Waals surface area contributed by atoms with E-state index in [0.29, 0.717) is 23.0 Å². The number of aromatic nitrogens is 3. The molecule has 4 nitrogen and oxygen atoms in total. The number of halogens is 3. The Bertz CT molecular complexity index is 599. The molecule has 0 aliphatic rings. The number of rotatable bonds is 3. The van der Waals surface area contributed by atoms with Crippen LogP contribution in [0.2, 0.25) is 0 Å². The van der Waals surface area contributed by atoms with E-state index in [1.54, 1.807) is 6.26 Å². The van der Waals surface area contributed by atoms with E-state index in [4.69, 9.17) is 5.73 Å². The molecule has 0 atom stereocenters. The minimum Gasteiger partial charge on any atom is -0.368 e. The van der Waals surface area contributed by atoms with Gasteiger partial charge in [-0.25, -0.2) is 4.98 Å². The number of alkyl halides is 3. The fraction of sp³-hybridized carbons (Fsp3) is 0.250. The summed E-state index contributed by atoms with van der Waals surface area (Å²) >= 11 is 1.32. The summed E-state index contributed by atoms with van der Waals surface area (Å²) < 4.78 is 37.3. The molecule has 1 aromatic carbocycles. The monoisotopic (exact) mass is 300 g/mol. The molecule has 0 saturated heterocycles. The predicted molar refractivity (Wildman–Crippen MR) is 70.3 cm³/mol. The van der Waals surface area contributed by atoms with Gasteiger partial charge in [0.25, 0.3) is 0 Å². The largest absolute Gasteiger partial charge is 0.416 e. The molecule has 0 aliphatic heterocycles. The molecular weight excluding hydrogens is 289 g/mol. The molecule has 0 aliphatic carbocycles. The van der Waals surface area contributed by atoms with Gasteiger partial charge < -0.3 is 5.73 Å². The molecule has 2 aromatic rings. The molecule has 2 N–H and O–H groups in total. The van der Waals surface area contributed by atoms with E-state index in [1.165, 1.54) is 23.9 Å². The first-order valence-electron chi connectivity index (χ1n) is 5.59. The van der Waals surface area contributed by atoms with Crippen molar-refractivity contribution in [3.63, 3.8) is 0 Å². The van der Waals surface area contributed by atoms with Crippen LogP contribution in [0.25, 0.3) is 0 Å². The Morgan fingerprint density at radius 1 is 1.10 bits per heavy atom. The van der Waals surface area contributed by atoms with Gasteiger partial charge in [0, 0.05) is 6.42 Å². The van der Waals surface area contributed by atoms with E-state index < -0.39 is 11.7 Å². The molecule has 0 unspecified atom stereocenters. The lowest BCUT2D eigenvalue weighted by molar-refractivity contribution is -0.137. The number of hydrogen-bond donors (Lipinski definition) is 1. The van der Waals surface area contributed by atoms with E-state index in [1.807, 2.05) is 0 Å². The van der Waals surface area contributed by atoms with Crippen LogP contribution < -0.4 is 5.73 Å². The van der Waals surface area contributed by atoms with Crippen molar-refractivity contribution in [2.75, 3.05) is 12.0 Å². The Balaban J connectivity index is 2.20. The number of nitrogens with two attached hydrogens (primary N) is 1. The number of hydrogen-bond acceptors (Lipinski definition) is 5. The van der Waals surface area contributed by atoms with Crippen LogP contribution in [0.1, 0.15) is 17.0 Å². The minimum absolute atomic E-state index is 0.103. The van der Waals surface area contributed by atoms with Crippen LogP contribution in [-0.4, -0.2) is 21.2 Å². The third-order valence-electron chi connectivity index (χ3n) is 2.50. The summed E-state index contributed by atoms with van der Waals surface area (Å²) in [5.74, 6) is 0.535. The standard InChI is InChI=1S/C12H11F3N4S/c1-20-11-18-9(17-10(16)19-11)6-7-2-4-8(5-3-7)12(13,14)15/h2-5H,6H2,1H3,(H2,16,17,18,19). The van der Waals surface area contributed by atoms with E-state index in [9.17, 15) is 13.2 Å². The lowest BCUT2D eigenvalue weighted by atomic mass is 10.1. The second-order valence-corrected chi connectivity index (χ2v) is 4.74. The van der Waals surface area contributed by atoms with Crippen molar-refractivity contribution in [2.45, 2.75) is 17.8 Å². The lowest BCUT2D eigenvalue weighted by Gasteiger charge is -2.07. The molecule has 8 heteroatoms. The fourth-order valence-corrected chi connectivity index (χ4v) is 1.96. The van der Waals surface area contributed by atoms with Gasteiger partial charge >= 0.3 is 6.18 Å². The van der Waals surface area contributed by atoms with Crippen LogP contribution >= 0.6 is 11.8 Å². The van der Waals surface area contributed by atoms with Crippen molar-refractivity contribution in [3.8, 4) is 0 Å². The number of benzene rings is 1. The van der Waals surface area contributed by atoms with E-state index in [-0.39, 0.29) is 5.95 Å². The van der Waals surface area contributed by atoms with Crippen molar-refractivity contribution >= 4 is 17.7 Å².